The number of para-hydroxylation sites is 3. The van der Waals surface area contributed by atoms with Crippen LogP contribution in [0.3, 0.4) is 0 Å². The largest absolute Gasteiger partial charge is 0.455 e. The highest BCUT2D eigenvalue weighted by Gasteiger charge is 2.49. The molecule has 0 amide bonds. The lowest BCUT2D eigenvalue weighted by molar-refractivity contribution is 0.600. The minimum atomic E-state index is -0.340. The monoisotopic (exact) mass is 1040 g/mol. The predicted octanol–water partition coefficient (Wildman–Crippen LogP) is 21.3. The van der Waals surface area contributed by atoms with Crippen molar-refractivity contribution in [3.05, 3.63) is 262 Å². The van der Waals surface area contributed by atoms with E-state index < -0.39 is 0 Å². The van der Waals surface area contributed by atoms with Gasteiger partial charge in [-0.2, -0.15) is 0 Å². The number of anilines is 3. The molecule has 3 heteroatoms. The highest BCUT2D eigenvalue weighted by Crippen LogP contribution is 2.64. The molecular formula is C78H62N2O. The Kier molecular flexibility index (Phi) is 9.85. The van der Waals surface area contributed by atoms with Crippen LogP contribution in [0.1, 0.15) is 91.6 Å². The standard InChI is InChI=1S/C78H62N2O/c1-45-31-34-50(35-32-45)79(52-37-40-58-63(43-52)78(8,9)73-70(58)71-59-27-17-20-30-67(59)81-75(71)72-56-26-15-18-28-61(56)77(6,7)74(72)73)51-36-39-57-62(42-51)76(4,5)64-44-60(47(3)68(69(57)64)53-24-14-13-21-46(53)2)48-33-38-55-54-25-16-19-29-65(54)80(66(55)41-48)49-22-11-10-12-23-49/h10-44H,1-9H3. The number of hydrogen-bond acceptors (Lipinski definition) is 2. The third-order valence-corrected chi connectivity index (χ3v) is 19.3. The van der Waals surface area contributed by atoms with E-state index in [9.17, 15) is 0 Å². The Labute approximate surface area is 474 Å². The zero-order chi connectivity index (χ0) is 55.0. The van der Waals surface area contributed by atoms with Crippen molar-refractivity contribution in [2.75, 3.05) is 4.90 Å². The fraction of sp³-hybridized carbons (Fsp3) is 0.154. The number of furan rings is 1. The zero-order valence-corrected chi connectivity index (χ0v) is 47.5. The Morgan fingerprint density at radius 1 is 0.383 bits per heavy atom. The van der Waals surface area contributed by atoms with Crippen LogP contribution in [0.2, 0.25) is 0 Å². The first-order valence-corrected chi connectivity index (χ1v) is 28.8. The molecule has 0 aliphatic heterocycles. The second-order valence-electron chi connectivity index (χ2n) is 24.9. The van der Waals surface area contributed by atoms with Gasteiger partial charge in [-0.3, -0.25) is 0 Å². The van der Waals surface area contributed by atoms with E-state index >= 15 is 0 Å². The minimum Gasteiger partial charge on any atom is -0.455 e. The number of nitrogens with zero attached hydrogens (tertiary/aromatic N) is 2. The molecule has 0 unspecified atom stereocenters. The van der Waals surface area contributed by atoms with Crippen LogP contribution in [0.15, 0.2) is 217 Å². The molecule has 390 valence electrons. The summed E-state index contributed by atoms with van der Waals surface area (Å²) in [4.78, 5) is 2.51. The summed E-state index contributed by atoms with van der Waals surface area (Å²) in [6.45, 7) is 21.5. The summed E-state index contributed by atoms with van der Waals surface area (Å²) >= 11 is 0. The summed E-state index contributed by atoms with van der Waals surface area (Å²) in [5.41, 5.74) is 32.9. The van der Waals surface area contributed by atoms with Gasteiger partial charge in [-0.15, -0.1) is 0 Å². The van der Waals surface area contributed by atoms with Gasteiger partial charge in [0, 0.05) is 66.1 Å². The summed E-state index contributed by atoms with van der Waals surface area (Å²) in [6.07, 6.45) is 0. The molecule has 0 bridgehead atoms. The molecule has 0 N–H and O–H groups in total. The lowest BCUT2D eigenvalue weighted by Crippen LogP contribution is -2.24. The first-order valence-electron chi connectivity index (χ1n) is 28.8. The first kappa shape index (κ1) is 47.8. The van der Waals surface area contributed by atoms with E-state index in [0.29, 0.717) is 0 Å². The van der Waals surface area contributed by atoms with E-state index in [2.05, 4.69) is 284 Å². The van der Waals surface area contributed by atoms with Gasteiger partial charge in [0.2, 0.25) is 0 Å². The van der Waals surface area contributed by atoms with E-state index in [1.54, 1.807) is 0 Å². The molecule has 16 rings (SSSR count). The Morgan fingerprint density at radius 2 is 0.963 bits per heavy atom. The normalized spacial score (nSPS) is 14.8. The van der Waals surface area contributed by atoms with Gasteiger partial charge in [0.1, 0.15) is 11.2 Å². The van der Waals surface area contributed by atoms with Crippen molar-refractivity contribution in [2.45, 2.75) is 78.6 Å². The number of rotatable bonds is 6. The maximum absolute atomic E-state index is 7.03. The molecule has 81 heavy (non-hydrogen) atoms. The zero-order valence-electron chi connectivity index (χ0n) is 47.5. The molecule has 0 radical (unpaired) electrons. The second kappa shape index (κ2) is 16.7. The number of benzene rings is 11. The third kappa shape index (κ3) is 6.46. The van der Waals surface area contributed by atoms with Crippen LogP contribution in [-0.2, 0) is 16.2 Å². The van der Waals surface area contributed by atoms with Crippen molar-refractivity contribution in [1.82, 2.24) is 4.57 Å². The fourth-order valence-corrected chi connectivity index (χ4v) is 15.4. The quantitative estimate of drug-likeness (QED) is 0.165. The van der Waals surface area contributed by atoms with E-state index in [1.165, 1.54) is 138 Å². The smallest absolute Gasteiger partial charge is 0.144 e. The maximum Gasteiger partial charge on any atom is 0.144 e. The lowest BCUT2D eigenvalue weighted by atomic mass is 9.72. The summed E-state index contributed by atoms with van der Waals surface area (Å²) < 4.78 is 9.46. The molecule has 3 nitrogen and oxygen atoms in total. The molecule has 0 atom stereocenters. The van der Waals surface area contributed by atoms with E-state index in [4.69, 9.17) is 4.42 Å². The summed E-state index contributed by atoms with van der Waals surface area (Å²) in [5.74, 6) is 0. The summed E-state index contributed by atoms with van der Waals surface area (Å²) in [7, 11) is 0. The molecule has 3 aliphatic carbocycles. The summed E-state index contributed by atoms with van der Waals surface area (Å²) in [5, 5.41) is 4.91. The molecule has 2 aromatic heterocycles. The van der Waals surface area contributed by atoms with Gasteiger partial charge in [-0.1, -0.05) is 187 Å². The molecule has 0 fully saturated rings. The maximum atomic E-state index is 7.03. The molecule has 13 aromatic rings. The average molecular weight is 1040 g/mol. The first-order chi connectivity index (χ1) is 39.2. The van der Waals surface area contributed by atoms with Crippen LogP contribution < -0.4 is 4.90 Å². The molecule has 0 saturated carbocycles. The van der Waals surface area contributed by atoms with Crippen LogP contribution >= 0.6 is 0 Å². The van der Waals surface area contributed by atoms with E-state index in [0.717, 1.165) is 33.9 Å². The van der Waals surface area contributed by atoms with Gasteiger partial charge in [-0.05, 0) is 188 Å². The molecule has 0 saturated heterocycles. The highest BCUT2D eigenvalue weighted by molar-refractivity contribution is 6.21. The van der Waals surface area contributed by atoms with Gasteiger partial charge in [-0.25, -0.2) is 0 Å². The van der Waals surface area contributed by atoms with Crippen LogP contribution in [0.25, 0.3) is 105 Å². The third-order valence-electron chi connectivity index (χ3n) is 19.3. The number of hydrogen-bond donors (Lipinski definition) is 0. The van der Waals surface area contributed by atoms with Crippen molar-refractivity contribution in [3.8, 4) is 61.3 Å². The average Bonchev–Trinajstić information content (AvgIpc) is 2.42. The minimum absolute atomic E-state index is 0.232. The molecular weight excluding hydrogens is 981 g/mol. The predicted molar refractivity (Wildman–Crippen MR) is 341 cm³/mol. The topological polar surface area (TPSA) is 21.3 Å². The van der Waals surface area contributed by atoms with Gasteiger partial charge in [0.15, 0.2) is 0 Å². The Hall–Kier alpha value is -9.18. The van der Waals surface area contributed by atoms with Crippen LogP contribution in [0, 0.1) is 20.8 Å². The van der Waals surface area contributed by atoms with E-state index in [1.807, 2.05) is 0 Å². The Balaban J connectivity index is 0.885. The van der Waals surface area contributed by atoms with Crippen molar-refractivity contribution in [3.63, 3.8) is 0 Å². The van der Waals surface area contributed by atoms with Crippen molar-refractivity contribution >= 4 is 60.8 Å². The number of aryl methyl sites for hydroxylation is 2. The van der Waals surface area contributed by atoms with Crippen LogP contribution in [0.5, 0.6) is 0 Å². The van der Waals surface area contributed by atoms with Crippen LogP contribution in [-0.4, -0.2) is 4.57 Å². The Bertz CT molecular complexity index is 4860. The van der Waals surface area contributed by atoms with Gasteiger partial charge in [0.25, 0.3) is 0 Å². The van der Waals surface area contributed by atoms with Crippen LogP contribution in [0.4, 0.5) is 17.1 Å². The second-order valence-corrected chi connectivity index (χ2v) is 24.9. The molecule has 3 aliphatic rings. The molecule has 0 spiro atoms. The van der Waals surface area contributed by atoms with E-state index in [-0.39, 0.29) is 16.2 Å². The molecule has 2 heterocycles. The Morgan fingerprint density at radius 3 is 1.72 bits per heavy atom. The SMILES string of the molecule is Cc1ccc(N(c2ccc3c(c2)C(C)(C)c2cc(-c4ccc5c6ccccc6n(-c6ccccc6)c5c4)c(C)c(-c4ccccc4C)c2-3)c2ccc3c(c2)C(C)(C)c2c4c(c5oc6ccccc6c5c2-3)-c2ccccc2C4(C)C)cc1. The fourth-order valence-electron chi connectivity index (χ4n) is 15.4. The van der Waals surface area contributed by atoms with Crippen molar-refractivity contribution < 1.29 is 4.42 Å². The lowest BCUT2D eigenvalue weighted by Gasteiger charge is -2.32. The summed E-state index contributed by atoms with van der Waals surface area (Å²) in [6, 6.07) is 79.7. The van der Waals surface area contributed by atoms with Gasteiger partial charge < -0.3 is 13.9 Å². The highest BCUT2D eigenvalue weighted by atomic mass is 16.3. The van der Waals surface area contributed by atoms with Crippen molar-refractivity contribution in [1.29, 1.82) is 0 Å². The molecule has 11 aromatic carbocycles. The van der Waals surface area contributed by atoms with Gasteiger partial charge in [0.05, 0.1) is 11.0 Å². The van der Waals surface area contributed by atoms with Gasteiger partial charge >= 0.3 is 0 Å². The number of fused-ring (bicyclic) bond motifs is 18. The number of aromatic nitrogens is 1. The van der Waals surface area contributed by atoms with Crippen molar-refractivity contribution in [2.24, 2.45) is 0 Å².